The molecule has 0 aliphatic carbocycles. The molecule has 1 unspecified atom stereocenters. The maximum absolute atomic E-state index is 13.4. The number of hydrogen-bond donors (Lipinski definition) is 1. The first-order valence-electron chi connectivity index (χ1n) is 4.65. The summed E-state index contributed by atoms with van der Waals surface area (Å²) in [6.07, 6.45) is 0. The quantitative estimate of drug-likeness (QED) is 0.802. The van der Waals surface area contributed by atoms with Gasteiger partial charge in [0.25, 0.3) is 0 Å². The Balaban J connectivity index is 2.44. The van der Waals surface area contributed by atoms with E-state index < -0.39 is 17.7 Å². The first-order valence-corrected chi connectivity index (χ1v) is 6.63. The van der Waals surface area contributed by atoms with Crippen LogP contribution >= 0.6 is 38.9 Å². The van der Waals surface area contributed by atoms with Crippen LogP contribution in [-0.4, -0.2) is 0 Å². The molecule has 0 fully saturated rings. The van der Waals surface area contributed by atoms with E-state index in [1.165, 1.54) is 17.4 Å². The van der Waals surface area contributed by atoms with Gasteiger partial charge >= 0.3 is 0 Å². The summed E-state index contributed by atoms with van der Waals surface area (Å²) in [4.78, 5) is 0.793. The summed E-state index contributed by atoms with van der Waals surface area (Å²) >= 11 is 10.1. The second kappa shape index (κ2) is 5.02. The van der Waals surface area contributed by atoms with E-state index in [2.05, 4.69) is 15.9 Å². The van der Waals surface area contributed by atoms with E-state index in [-0.39, 0.29) is 4.47 Å². The number of benzene rings is 1. The van der Waals surface area contributed by atoms with Gasteiger partial charge in [-0.15, -0.1) is 11.3 Å². The molecule has 0 radical (unpaired) electrons. The van der Waals surface area contributed by atoms with Gasteiger partial charge in [0.05, 0.1) is 14.9 Å². The monoisotopic (exact) mass is 337 g/mol. The molecule has 2 N–H and O–H groups in total. The van der Waals surface area contributed by atoms with Gasteiger partial charge in [0.1, 0.15) is 0 Å². The lowest BCUT2D eigenvalue weighted by Gasteiger charge is -2.12. The Labute approximate surface area is 114 Å². The fourth-order valence-electron chi connectivity index (χ4n) is 1.43. The summed E-state index contributed by atoms with van der Waals surface area (Å²) in [5, 5.41) is 0. The number of thiophene rings is 1. The molecule has 0 spiro atoms. The van der Waals surface area contributed by atoms with Crippen molar-refractivity contribution in [2.24, 2.45) is 5.73 Å². The van der Waals surface area contributed by atoms with Gasteiger partial charge in [0.15, 0.2) is 11.6 Å². The Kier molecular flexibility index (Phi) is 3.82. The summed E-state index contributed by atoms with van der Waals surface area (Å²) < 4.78 is 27.0. The molecular formula is C11H7BrClF2NS. The van der Waals surface area contributed by atoms with Crippen LogP contribution in [0, 0.1) is 11.6 Å². The maximum atomic E-state index is 13.4. The van der Waals surface area contributed by atoms with Crippen LogP contribution in [0.15, 0.2) is 28.7 Å². The molecule has 2 aromatic rings. The van der Waals surface area contributed by atoms with Crippen LogP contribution in [0.1, 0.15) is 16.5 Å². The molecule has 1 nitrogen and oxygen atoms in total. The summed E-state index contributed by atoms with van der Waals surface area (Å²) in [7, 11) is 0. The largest absolute Gasteiger partial charge is 0.320 e. The lowest BCUT2D eigenvalue weighted by atomic mass is 10.1. The number of rotatable bonds is 2. The predicted octanol–water partition coefficient (Wildman–Crippen LogP) is 4.49. The van der Waals surface area contributed by atoms with Gasteiger partial charge in [0, 0.05) is 4.88 Å². The molecule has 1 atom stereocenters. The molecule has 0 aliphatic heterocycles. The van der Waals surface area contributed by atoms with E-state index >= 15 is 0 Å². The fraction of sp³-hybridized carbons (Fsp3) is 0.0909. The third-order valence-electron chi connectivity index (χ3n) is 2.30. The van der Waals surface area contributed by atoms with Gasteiger partial charge in [-0.1, -0.05) is 17.7 Å². The molecule has 2 rings (SSSR count). The molecule has 0 bridgehead atoms. The van der Waals surface area contributed by atoms with Gasteiger partial charge in [-0.2, -0.15) is 0 Å². The summed E-state index contributed by atoms with van der Waals surface area (Å²) in [6.45, 7) is 0. The second-order valence-corrected chi connectivity index (χ2v) is 5.92. The average Bonchev–Trinajstić information content (AvgIpc) is 2.72. The highest BCUT2D eigenvalue weighted by Crippen LogP contribution is 2.34. The van der Waals surface area contributed by atoms with Crippen molar-refractivity contribution >= 4 is 38.9 Å². The smallest absolute Gasteiger partial charge is 0.173 e. The molecule has 6 heteroatoms. The average molecular weight is 339 g/mol. The molecule has 0 amide bonds. The van der Waals surface area contributed by atoms with Gasteiger partial charge < -0.3 is 5.73 Å². The minimum Gasteiger partial charge on any atom is -0.320 e. The SMILES string of the molecule is NC(c1ccc(Cl)s1)c1ccc(F)c(F)c1Br. The van der Waals surface area contributed by atoms with Crippen molar-refractivity contribution in [2.45, 2.75) is 6.04 Å². The van der Waals surface area contributed by atoms with Gasteiger partial charge in [0.2, 0.25) is 0 Å². The van der Waals surface area contributed by atoms with Crippen molar-refractivity contribution in [3.8, 4) is 0 Å². The first kappa shape index (κ1) is 13.0. The van der Waals surface area contributed by atoms with E-state index in [9.17, 15) is 8.78 Å². The normalized spacial score (nSPS) is 12.8. The standard InChI is InChI=1S/C11H7BrClF2NS/c12-9-5(1-2-6(14)10(9)15)11(16)7-3-4-8(13)17-7/h1-4,11H,16H2. The van der Waals surface area contributed by atoms with E-state index in [4.69, 9.17) is 17.3 Å². The zero-order valence-corrected chi connectivity index (χ0v) is 11.5. The molecule has 1 heterocycles. The highest BCUT2D eigenvalue weighted by Gasteiger charge is 2.18. The zero-order valence-electron chi connectivity index (χ0n) is 8.38. The summed E-state index contributed by atoms with van der Waals surface area (Å²) in [6, 6.07) is 5.48. The van der Waals surface area contributed by atoms with Crippen molar-refractivity contribution < 1.29 is 8.78 Å². The van der Waals surface area contributed by atoms with Crippen LogP contribution in [0.4, 0.5) is 8.78 Å². The van der Waals surface area contributed by atoms with E-state index in [0.717, 1.165) is 10.9 Å². The minimum absolute atomic E-state index is 0.0505. The molecule has 0 saturated carbocycles. The maximum Gasteiger partial charge on any atom is 0.173 e. The first-order chi connectivity index (χ1) is 8.00. The summed E-state index contributed by atoms with van der Waals surface area (Å²) in [5.74, 6) is -1.84. The Morgan fingerprint density at radius 3 is 2.53 bits per heavy atom. The molecule has 0 saturated heterocycles. The summed E-state index contributed by atoms with van der Waals surface area (Å²) in [5.41, 5.74) is 6.47. The second-order valence-electron chi connectivity index (χ2n) is 3.38. The van der Waals surface area contributed by atoms with Crippen LogP contribution in [-0.2, 0) is 0 Å². The Morgan fingerprint density at radius 2 is 1.94 bits per heavy atom. The fourth-order valence-corrected chi connectivity index (χ4v) is 3.08. The molecular weight excluding hydrogens is 332 g/mol. The molecule has 0 aliphatic rings. The number of halogens is 4. The lowest BCUT2D eigenvalue weighted by Crippen LogP contribution is -2.12. The predicted molar refractivity (Wildman–Crippen MR) is 69.4 cm³/mol. The van der Waals surface area contributed by atoms with Crippen molar-refractivity contribution in [3.05, 3.63) is 55.1 Å². The van der Waals surface area contributed by atoms with E-state index in [1.54, 1.807) is 12.1 Å². The van der Waals surface area contributed by atoms with E-state index in [0.29, 0.717) is 9.90 Å². The highest BCUT2D eigenvalue weighted by atomic mass is 79.9. The zero-order chi connectivity index (χ0) is 12.6. The van der Waals surface area contributed by atoms with Crippen LogP contribution in [0.5, 0.6) is 0 Å². The molecule has 90 valence electrons. The Bertz CT molecular complexity index is 558. The molecule has 17 heavy (non-hydrogen) atoms. The van der Waals surface area contributed by atoms with Crippen molar-refractivity contribution in [1.29, 1.82) is 0 Å². The third kappa shape index (κ3) is 2.52. The van der Waals surface area contributed by atoms with E-state index in [1.807, 2.05) is 0 Å². The van der Waals surface area contributed by atoms with Crippen molar-refractivity contribution in [2.75, 3.05) is 0 Å². The van der Waals surface area contributed by atoms with Crippen molar-refractivity contribution in [3.63, 3.8) is 0 Å². The lowest BCUT2D eigenvalue weighted by molar-refractivity contribution is 0.501. The number of nitrogens with two attached hydrogens (primary N) is 1. The minimum atomic E-state index is -0.930. The topological polar surface area (TPSA) is 26.0 Å². The van der Waals surface area contributed by atoms with Crippen LogP contribution in [0.25, 0.3) is 0 Å². The van der Waals surface area contributed by atoms with Gasteiger partial charge in [-0.25, -0.2) is 8.78 Å². The molecule has 1 aromatic heterocycles. The van der Waals surface area contributed by atoms with Gasteiger partial charge in [-0.05, 0) is 39.7 Å². The van der Waals surface area contributed by atoms with Crippen LogP contribution in [0.2, 0.25) is 4.34 Å². The van der Waals surface area contributed by atoms with Gasteiger partial charge in [-0.3, -0.25) is 0 Å². The Hall–Kier alpha value is -0.490. The van der Waals surface area contributed by atoms with Crippen LogP contribution in [0.3, 0.4) is 0 Å². The highest BCUT2D eigenvalue weighted by molar-refractivity contribution is 9.10. The van der Waals surface area contributed by atoms with Crippen molar-refractivity contribution in [1.82, 2.24) is 0 Å². The molecule has 1 aromatic carbocycles. The third-order valence-corrected chi connectivity index (χ3v) is 4.42. The van der Waals surface area contributed by atoms with Crippen LogP contribution < -0.4 is 5.73 Å². The Morgan fingerprint density at radius 1 is 1.24 bits per heavy atom. The number of hydrogen-bond acceptors (Lipinski definition) is 2.